The first kappa shape index (κ1) is 18.3. The number of hydrogen-bond donors (Lipinski definition) is 1. The van der Waals surface area contributed by atoms with Gasteiger partial charge in [-0.05, 0) is 55.9 Å². The number of aryl methyl sites for hydroxylation is 1. The molecule has 2 atom stereocenters. The molecule has 3 heterocycles. The minimum absolute atomic E-state index is 0.394. The van der Waals surface area contributed by atoms with Crippen molar-refractivity contribution in [3.63, 3.8) is 0 Å². The molecular weight excluding hydrogens is 338 g/mol. The highest BCUT2D eigenvalue weighted by Gasteiger charge is 2.49. The number of hydrogen-bond acceptors (Lipinski definition) is 4. The van der Waals surface area contributed by atoms with E-state index in [2.05, 4.69) is 34.7 Å². The van der Waals surface area contributed by atoms with E-state index in [9.17, 15) is 5.11 Å². The minimum atomic E-state index is -0.812. The molecule has 5 nitrogen and oxygen atoms in total. The SMILES string of the molecule is C=C(C)COc1cccc(CN2C3CCC2CC(O)(c2nccn2C)C3)c1. The Balaban J connectivity index is 1.47. The van der Waals surface area contributed by atoms with Gasteiger partial charge in [0.1, 0.15) is 23.8 Å². The molecule has 144 valence electrons. The zero-order chi connectivity index (χ0) is 19.0. The molecule has 1 N–H and O–H groups in total. The largest absolute Gasteiger partial charge is 0.489 e. The minimum Gasteiger partial charge on any atom is -0.489 e. The molecule has 1 aromatic heterocycles. The third-order valence-electron chi connectivity index (χ3n) is 5.90. The molecule has 0 radical (unpaired) electrons. The van der Waals surface area contributed by atoms with Crippen molar-refractivity contribution in [2.75, 3.05) is 6.61 Å². The normalized spacial score (nSPS) is 27.7. The number of nitrogens with zero attached hydrogens (tertiary/aromatic N) is 3. The number of piperidine rings is 1. The first-order valence-electron chi connectivity index (χ1n) is 9.77. The van der Waals surface area contributed by atoms with Crippen molar-refractivity contribution >= 4 is 0 Å². The van der Waals surface area contributed by atoms with Gasteiger partial charge < -0.3 is 14.4 Å². The fourth-order valence-corrected chi connectivity index (χ4v) is 4.72. The Kier molecular flexibility index (Phi) is 4.82. The van der Waals surface area contributed by atoms with Crippen molar-refractivity contribution < 1.29 is 9.84 Å². The number of fused-ring (bicyclic) bond motifs is 2. The third-order valence-corrected chi connectivity index (χ3v) is 5.90. The fraction of sp³-hybridized carbons (Fsp3) is 0.500. The van der Waals surface area contributed by atoms with Gasteiger partial charge in [0, 0.05) is 38.1 Å². The topological polar surface area (TPSA) is 50.5 Å². The maximum Gasteiger partial charge on any atom is 0.140 e. The van der Waals surface area contributed by atoms with Gasteiger partial charge in [-0.15, -0.1) is 0 Å². The summed E-state index contributed by atoms with van der Waals surface area (Å²) in [4.78, 5) is 7.00. The van der Waals surface area contributed by atoms with Crippen LogP contribution in [-0.2, 0) is 19.2 Å². The number of benzene rings is 1. The quantitative estimate of drug-likeness (QED) is 0.795. The zero-order valence-electron chi connectivity index (χ0n) is 16.3. The van der Waals surface area contributed by atoms with Crippen molar-refractivity contribution in [3.05, 3.63) is 60.2 Å². The molecule has 2 aliphatic heterocycles. The van der Waals surface area contributed by atoms with Gasteiger partial charge in [-0.2, -0.15) is 0 Å². The van der Waals surface area contributed by atoms with Gasteiger partial charge in [0.05, 0.1) is 0 Å². The van der Waals surface area contributed by atoms with Gasteiger partial charge >= 0.3 is 0 Å². The van der Waals surface area contributed by atoms with Crippen LogP contribution in [0.4, 0.5) is 0 Å². The summed E-state index contributed by atoms with van der Waals surface area (Å²) in [6, 6.07) is 9.13. The molecule has 0 aliphatic carbocycles. The smallest absolute Gasteiger partial charge is 0.140 e. The second-order valence-electron chi connectivity index (χ2n) is 8.25. The summed E-state index contributed by atoms with van der Waals surface area (Å²) < 4.78 is 7.75. The lowest BCUT2D eigenvalue weighted by molar-refractivity contribution is -0.0669. The maximum atomic E-state index is 11.3. The molecule has 2 fully saturated rings. The Morgan fingerprint density at radius 3 is 2.70 bits per heavy atom. The highest BCUT2D eigenvalue weighted by molar-refractivity contribution is 5.29. The first-order chi connectivity index (χ1) is 12.9. The molecular formula is C22H29N3O2. The predicted molar refractivity (Wildman–Crippen MR) is 105 cm³/mol. The molecule has 27 heavy (non-hydrogen) atoms. The van der Waals surface area contributed by atoms with Gasteiger partial charge in [0.25, 0.3) is 0 Å². The zero-order valence-corrected chi connectivity index (χ0v) is 16.3. The molecule has 2 bridgehead atoms. The van der Waals surface area contributed by atoms with E-state index in [1.807, 2.05) is 30.8 Å². The van der Waals surface area contributed by atoms with Crippen LogP contribution >= 0.6 is 0 Å². The van der Waals surface area contributed by atoms with Crippen LogP contribution in [0.15, 0.2) is 48.8 Å². The molecule has 0 amide bonds. The summed E-state index contributed by atoms with van der Waals surface area (Å²) >= 11 is 0. The van der Waals surface area contributed by atoms with Gasteiger partial charge in [0.2, 0.25) is 0 Å². The molecule has 2 aliphatic rings. The lowest BCUT2D eigenvalue weighted by Crippen LogP contribution is -2.50. The predicted octanol–water partition coefficient (Wildman–Crippen LogP) is 3.39. The van der Waals surface area contributed by atoms with Crippen LogP contribution in [0.25, 0.3) is 0 Å². The van der Waals surface area contributed by atoms with E-state index < -0.39 is 5.60 Å². The van der Waals surface area contributed by atoms with Gasteiger partial charge in [0.15, 0.2) is 0 Å². The summed E-state index contributed by atoms with van der Waals surface area (Å²) in [5, 5.41) is 11.3. The highest BCUT2D eigenvalue weighted by Crippen LogP contribution is 2.45. The molecule has 1 aromatic carbocycles. The van der Waals surface area contributed by atoms with Crippen LogP contribution in [-0.4, -0.2) is 38.2 Å². The number of ether oxygens (including phenoxy) is 1. The van der Waals surface area contributed by atoms with Crippen LogP contribution in [0, 0.1) is 0 Å². The van der Waals surface area contributed by atoms with E-state index in [-0.39, 0.29) is 0 Å². The summed E-state index contributed by atoms with van der Waals surface area (Å²) in [6.45, 7) is 7.31. The third kappa shape index (κ3) is 3.66. The van der Waals surface area contributed by atoms with Crippen molar-refractivity contribution in [2.24, 2.45) is 7.05 Å². The molecule has 0 spiro atoms. The van der Waals surface area contributed by atoms with E-state index in [1.54, 1.807) is 6.20 Å². The molecule has 2 aromatic rings. The van der Waals surface area contributed by atoms with E-state index in [4.69, 9.17) is 4.74 Å². The van der Waals surface area contributed by atoms with Gasteiger partial charge in [-0.25, -0.2) is 4.98 Å². The average Bonchev–Trinajstić information content (AvgIpc) is 3.16. The Morgan fingerprint density at radius 1 is 1.33 bits per heavy atom. The highest BCUT2D eigenvalue weighted by atomic mass is 16.5. The van der Waals surface area contributed by atoms with E-state index in [0.717, 1.165) is 49.4 Å². The second-order valence-corrected chi connectivity index (χ2v) is 8.25. The second kappa shape index (κ2) is 7.13. The molecule has 2 saturated heterocycles. The van der Waals surface area contributed by atoms with Crippen LogP contribution < -0.4 is 4.74 Å². The van der Waals surface area contributed by atoms with E-state index in [0.29, 0.717) is 18.7 Å². The van der Waals surface area contributed by atoms with Crippen molar-refractivity contribution in [1.82, 2.24) is 14.5 Å². The van der Waals surface area contributed by atoms with Crippen LogP contribution in [0.1, 0.15) is 44.0 Å². The maximum absolute atomic E-state index is 11.3. The van der Waals surface area contributed by atoms with Crippen molar-refractivity contribution in [1.29, 1.82) is 0 Å². The Labute approximate surface area is 161 Å². The van der Waals surface area contributed by atoms with Crippen LogP contribution in [0.3, 0.4) is 0 Å². The van der Waals surface area contributed by atoms with E-state index in [1.165, 1.54) is 5.56 Å². The standard InChI is InChI=1S/C22H29N3O2/c1-16(2)15-27-20-6-4-5-17(11-20)14-25-18-7-8-19(25)13-22(26,12-18)21-23-9-10-24(21)3/h4-6,9-11,18-19,26H,1,7-8,12-15H2,2-3H3. The summed E-state index contributed by atoms with van der Waals surface area (Å²) in [5.74, 6) is 1.69. The van der Waals surface area contributed by atoms with Crippen LogP contribution in [0.2, 0.25) is 0 Å². The Hall–Kier alpha value is -2.11. The van der Waals surface area contributed by atoms with Crippen molar-refractivity contribution in [3.8, 4) is 5.75 Å². The Bertz CT molecular complexity index is 814. The van der Waals surface area contributed by atoms with Gasteiger partial charge in [-0.3, -0.25) is 4.90 Å². The first-order valence-corrected chi connectivity index (χ1v) is 9.77. The Morgan fingerprint density at radius 2 is 2.07 bits per heavy atom. The molecule has 4 rings (SSSR count). The molecule has 5 heteroatoms. The van der Waals surface area contributed by atoms with Crippen LogP contribution in [0.5, 0.6) is 5.75 Å². The molecule has 2 unspecified atom stereocenters. The number of aliphatic hydroxyl groups is 1. The lowest BCUT2D eigenvalue weighted by atomic mass is 9.85. The van der Waals surface area contributed by atoms with Crippen molar-refractivity contribution in [2.45, 2.75) is 56.8 Å². The number of rotatable bonds is 6. The summed E-state index contributed by atoms with van der Waals surface area (Å²) in [5.41, 5.74) is 1.46. The number of imidazole rings is 1. The lowest BCUT2D eigenvalue weighted by Gasteiger charge is -2.43. The van der Waals surface area contributed by atoms with E-state index >= 15 is 0 Å². The molecule has 0 saturated carbocycles. The summed E-state index contributed by atoms with van der Waals surface area (Å²) in [7, 11) is 1.96. The number of aromatic nitrogens is 2. The monoisotopic (exact) mass is 367 g/mol. The average molecular weight is 367 g/mol. The summed E-state index contributed by atoms with van der Waals surface area (Å²) in [6.07, 6.45) is 7.48. The fourth-order valence-electron chi connectivity index (χ4n) is 4.72. The van der Waals surface area contributed by atoms with Gasteiger partial charge in [-0.1, -0.05) is 18.7 Å².